The van der Waals surface area contributed by atoms with E-state index >= 15 is 0 Å². The molecule has 0 unspecified atom stereocenters. The van der Waals surface area contributed by atoms with Gasteiger partial charge in [-0.3, -0.25) is 4.79 Å². The molecule has 1 aliphatic rings. The molecule has 2 aromatic rings. The predicted octanol–water partition coefficient (Wildman–Crippen LogP) is 2.68. The van der Waals surface area contributed by atoms with Crippen LogP contribution in [0.2, 0.25) is 0 Å². The van der Waals surface area contributed by atoms with Crippen LogP contribution >= 0.6 is 15.9 Å². The second kappa shape index (κ2) is 8.10. The van der Waals surface area contributed by atoms with E-state index in [1.807, 2.05) is 18.2 Å². The number of fused-ring (bicyclic) bond motifs is 1. The Bertz CT molecular complexity index is 1010. The lowest BCUT2D eigenvalue weighted by Crippen LogP contribution is -2.40. The molecule has 0 atom stereocenters. The molecule has 28 heavy (non-hydrogen) atoms. The summed E-state index contributed by atoms with van der Waals surface area (Å²) in [5, 5.41) is 0. The first-order valence-electron chi connectivity index (χ1n) is 8.55. The molecule has 0 aliphatic carbocycles. The van der Waals surface area contributed by atoms with Crippen molar-refractivity contribution in [3.63, 3.8) is 0 Å². The summed E-state index contributed by atoms with van der Waals surface area (Å²) >= 11 is 3.43. The van der Waals surface area contributed by atoms with Crippen molar-refractivity contribution in [3.8, 4) is 11.5 Å². The van der Waals surface area contributed by atoms with Gasteiger partial charge in [0.2, 0.25) is 15.9 Å². The molecular weight excluding hydrogens is 448 g/mol. The number of halogens is 1. The Hall–Kier alpha value is -2.10. The van der Waals surface area contributed by atoms with E-state index in [4.69, 9.17) is 9.47 Å². The fraction of sp³-hybridized carbons (Fsp3) is 0.316. The average molecular weight is 469 g/mol. The SMILES string of the molecule is COc1ccc(S(=O)(=O)N(C)CC(=O)N2CCc3cc(Br)ccc32)cc1OC. The number of hydrogen-bond donors (Lipinski definition) is 0. The van der Waals surface area contributed by atoms with Crippen LogP contribution in [0.15, 0.2) is 45.8 Å². The van der Waals surface area contributed by atoms with Gasteiger partial charge in [0.05, 0.1) is 25.7 Å². The van der Waals surface area contributed by atoms with Gasteiger partial charge in [-0.25, -0.2) is 8.42 Å². The van der Waals surface area contributed by atoms with E-state index in [0.717, 1.165) is 26.4 Å². The number of methoxy groups -OCH3 is 2. The summed E-state index contributed by atoms with van der Waals surface area (Å²) in [6, 6.07) is 10.1. The fourth-order valence-electron chi connectivity index (χ4n) is 3.15. The van der Waals surface area contributed by atoms with Gasteiger partial charge in [0.15, 0.2) is 11.5 Å². The van der Waals surface area contributed by atoms with Crippen LogP contribution in [0.25, 0.3) is 0 Å². The summed E-state index contributed by atoms with van der Waals surface area (Å²) in [7, 11) is 0.440. The van der Waals surface area contributed by atoms with Gasteiger partial charge in [-0.15, -0.1) is 0 Å². The van der Waals surface area contributed by atoms with Crippen LogP contribution in [-0.4, -0.2) is 53.0 Å². The van der Waals surface area contributed by atoms with E-state index < -0.39 is 10.0 Å². The van der Waals surface area contributed by atoms with Crippen molar-refractivity contribution >= 4 is 37.5 Å². The number of hydrogen-bond acceptors (Lipinski definition) is 5. The molecule has 3 rings (SSSR count). The van der Waals surface area contributed by atoms with E-state index in [9.17, 15) is 13.2 Å². The van der Waals surface area contributed by atoms with Gasteiger partial charge < -0.3 is 14.4 Å². The monoisotopic (exact) mass is 468 g/mol. The number of likely N-dealkylation sites (N-methyl/N-ethyl adjacent to an activating group) is 1. The quantitative estimate of drug-likeness (QED) is 0.651. The molecule has 0 N–H and O–H groups in total. The Labute approximate surface area is 173 Å². The van der Waals surface area contributed by atoms with Gasteiger partial charge in [-0.1, -0.05) is 15.9 Å². The minimum absolute atomic E-state index is 0.0335. The van der Waals surface area contributed by atoms with Crippen LogP contribution in [0.3, 0.4) is 0 Å². The number of nitrogens with zero attached hydrogens (tertiary/aromatic N) is 2. The second-order valence-corrected chi connectivity index (χ2v) is 9.31. The molecule has 9 heteroatoms. The molecule has 150 valence electrons. The molecule has 0 fully saturated rings. The number of amides is 1. The van der Waals surface area contributed by atoms with Gasteiger partial charge in [0.25, 0.3) is 0 Å². The van der Waals surface area contributed by atoms with Crippen molar-refractivity contribution in [1.29, 1.82) is 0 Å². The van der Waals surface area contributed by atoms with Crippen LogP contribution in [0, 0.1) is 0 Å². The summed E-state index contributed by atoms with van der Waals surface area (Å²) in [4.78, 5) is 14.4. The summed E-state index contributed by atoms with van der Waals surface area (Å²) in [5.41, 5.74) is 1.89. The van der Waals surface area contributed by atoms with Crippen molar-refractivity contribution in [2.45, 2.75) is 11.3 Å². The van der Waals surface area contributed by atoms with Crippen LogP contribution in [-0.2, 0) is 21.2 Å². The lowest BCUT2D eigenvalue weighted by molar-refractivity contribution is -0.118. The topological polar surface area (TPSA) is 76.2 Å². The van der Waals surface area contributed by atoms with E-state index in [-0.39, 0.29) is 17.3 Å². The minimum atomic E-state index is -3.86. The highest BCUT2D eigenvalue weighted by Gasteiger charge is 2.29. The van der Waals surface area contributed by atoms with Crippen molar-refractivity contribution in [2.24, 2.45) is 0 Å². The first-order valence-corrected chi connectivity index (χ1v) is 10.8. The maximum Gasteiger partial charge on any atom is 0.243 e. The predicted molar refractivity (Wildman–Crippen MR) is 110 cm³/mol. The van der Waals surface area contributed by atoms with Gasteiger partial charge in [0.1, 0.15) is 0 Å². The van der Waals surface area contributed by atoms with Gasteiger partial charge in [-0.2, -0.15) is 4.31 Å². The molecule has 0 bridgehead atoms. The Morgan fingerprint density at radius 1 is 1.14 bits per heavy atom. The number of rotatable bonds is 6. The Morgan fingerprint density at radius 2 is 1.86 bits per heavy atom. The number of sulfonamides is 1. The molecule has 1 amide bonds. The fourth-order valence-corrected chi connectivity index (χ4v) is 4.69. The van der Waals surface area contributed by atoms with Crippen molar-refractivity contribution in [3.05, 3.63) is 46.4 Å². The van der Waals surface area contributed by atoms with E-state index in [0.29, 0.717) is 18.0 Å². The second-order valence-electron chi connectivity index (χ2n) is 6.35. The molecule has 0 aromatic heterocycles. The van der Waals surface area contributed by atoms with Gasteiger partial charge in [-0.05, 0) is 42.3 Å². The molecule has 0 radical (unpaired) electrons. The Morgan fingerprint density at radius 3 is 2.54 bits per heavy atom. The minimum Gasteiger partial charge on any atom is -0.493 e. The maximum absolute atomic E-state index is 12.9. The molecular formula is C19H21BrN2O5S. The zero-order valence-electron chi connectivity index (χ0n) is 15.8. The largest absolute Gasteiger partial charge is 0.493 e. The normalized spacial score (nSPS) is 13.5. The third-order valence-corrected chi connectivity index (χ3v) is 6.95. The molecule has 2 aromatic carbocycles. The molecule has 0 saturated heterocycles. The van der Waals surface area contributed by atoms with Gasteiger partial charge >= 0.3 is 0 Å². The number of benzene rings is 2. The third kappa shape index (κ3) is 3.87. The number of carbonyl (C=O) groups excluding carboxylic acids is 1. The van der Waals surface area contributed by atoms with E-state index in [1.165, 1.54) is 39.5 Å². The van der Waals surface area contributed by atoms with Crippen molar-refractivity contribution < 1.29 is 22.7 Å². The van der Waals surface area contributed by atoms with Crippen LogP contribution in [0.4, 0.5) is 5.69 Å². The Kier molecular flexibility index (Phi) is 5.97. The number of anilines is 1. The highest BCUT2D eigenvalue weighted by Crippen LogP contribution is 2.32. The molecule has 1 aliphatic heterocycles. The van der Waals surface area contributed by atoms with Crippen molar-refractivity contribution in [2.75, 3.05) is 39.3 Å². The number of carbonyl (C=O) groups is 1. The zero-order valence-corrected chi connectivity index (χ0v) is 18.2. The highest BCUT2D eigenvalue weighted by molar-refractivity contribution is 9.10. The van der Waals surface area contributed by atoms with Crippen LogP contribution in [0.5, 0.6) is 11.5 Å². The lowest BCUT2D eigenvalue weighted by Gasteiger charge is -2.22. The Balaban J connectivity index is 1.79. The third-order valence-electron chi connectivity index (χ3n) is 4.66. The standard InChI is InChI=1S/C19H21BrN2O5S/c1-21(28(24,25)15-5-7-17(26-2)18(11-15)27-3)12-19(23)22-9-8-13-10-14(20)4-6-16(13)22/h4-7,10-11H,8-9,12H2,1-3H3. The van der Waals surface area contributed by atoms with E-state index in [2.05, 4.69) is 15.9 Å². The molecule has 0 saturated carbocycles. The average Bonchev–Trinajstić information content (AvgIpc) is 3.10. The van der Waals surface area contributed by atoms with E-state index in [1.54, 1.807) is 4.90 Å². The maximum atomic E-state index is 12.9. The first-order chi connectivity index (χ1) is 13.3. The summed E-state index contributed by atoms with van der Waals surface area (Å²) in [5.74, 6) is 0.468. The van der Waals surface area contributed by atoms with Crippen LogP contribution < -0.4 is 14.4 Å². The first kappa shape index (κ1) is 20.6. The summed E-state index contributed by atoms with van der Waals surface area (Å²) in [6.45, 7) is 0.279. The number of ether oxygens (including phenoxy) is 2. The van der Waals surface area contributed by atoms with Crippen molar-refractivity contribution in [1.82, 2.24) is 4.31 Å². The zero-order chi connectivity index (χ0) is 20.5. The van der Waals surface area contributed by atoms with Crippen LogP contribution in [0.1, 0.15) is 5.56 Å². The highest BCUT2D eigenvalue weighted by atomic mass is 79.9. The molecule has 0 spiro atoms. The molecule has 1 heterocycles. The molecule has 7 nitrogen and oxygen atoms in total. The van der Waals surface area contributed by atoms with Gasteiger partial charge in [0, 0.05) is 29.8 Å². The smallest absolute Gasteiger partial charge is 0.243 e. The summed E-state index contributed by atoms with van der Waals surface area (Å²) < 4.78 is 38.1. The lowest BCUT2D eigenvalue weighted by atomic mass is 10.2. The summed E-state index contributed by atoms with van der Waals surface area (Å²) in [6.07, 6.45) is 0.743.